The summed E-state index contributed by atoms with van der Waals surface area (Å²) < 4.78 is 20.9. The van der Waals surface area contributed by atoms with Crippen LogP contribution in [0.3, 0.4) is 0 Å². The number of pyridine rings is 1. The van der Waals surface area contributed by atoms with E-state index in [9.17, 15) is 19.2 Å². The molecule has 4 heterocycles. The van der Waals surface area contributed by atoms with Gasteiger partial charge in [0.2, 0.25) is 0 Å². The van der Waals surface area contributed by atoms with Gasteiger partial charge >= 0.3 is 6.03 Å². The van der Waals surface area contributed by atoms with E-state index in [4.69, 9.17) is 16.3 Å². The van der Waals surface area contributed by atoms with Gasteiger partial charge in [0.05, 0.1) is 53.3 Å². The van der Waals surface area contributed by atoms with E-state index < -0.39 is 34.5 Å². The fourth-order valence-corrected chi connectivity index (χ4v) is 6.24. The number of thioether (sulfide) groups is 1. The van der Waals surface area contributed by atoms with E-state index >= 15 is 0 Å². The van der Waals surface area contributed by atoms with Crippen LogP contribution in [0.2, 0.25) is 5.02 Å². The van der Waals surface area contributed by atoms with Gasteiger partial charge in [-0.15, -0.1) is 11.8 Å². The Bertz CT molecular complexity index is 1530. The number of methoxy groups -OCH3 is 1. The summed E-state index contributed by atoms with van der Waals surface area (Å²) in [4.78, 5) is 35.3. The lowest BCUT2D eigenvalue weighted by atomic mass is 9.93. The van der Waals surface area contributed by atoms with E-state index in [1.807, 2.05) is 0 Å². The van der Waals surface area contributed by atoms with Gasteiger partial charge in [0, 0.05) is 35.6 Å². The number of anilines is 1. The zero-order valence-electron chi connectivity index (χ0n) is 20.4. The highest BCUT2D eigenvalue weighted by Gasteiger charge is 2.51. The Morgan fingerprint density at radius 2 is 2.03 bits per heavy atom. The number of fused-ring (bicyclic) bond motifs is 2. The third kappa shape index (κ3) is 4.10. The standard InChI is InChI=1S/C25H22ClFN6O3S/c1-25(2,11-28)12-32-17-7-20(14-5-19(36-4)16(27)6-15(14)26)37-22(17)23(34)33(24(32)35)18-10-29-8-13-9-30-31(3)21(13)18/h5-10,17,22H,12H2,1-4H3. The number of nitrogens with zero attached hydrogens (tertiary/aromatic N) is 6. The molecule has 0 saturated carbocycles. The number of amides is 3. The molecular formula is C25H22ClFN6O3S. The van der Waals surface area contributed by atoms with Gasteiger partial charge in [-0.25, -0.2) is 14.1 Å². The molecule has 2 aromatic heterocycles. The van der Waals surface area contributed by atoms with Crippen molar-refractivity contribution in [3.05, 3.63) is 53.2 Å². The molecule has 190 valence electrons. The second-order valence-corrected chi connectivity index (χ2v) is 11.1. The maximum atomic E-state index is 14.2. The van der Waals surface area contributed by atoms with Crippen LogP contribution in [0.5, 0.6) is 5.75 Å². The topological polar surface area (TPSA) is 104 Å². The second kappa shape index (κ2) is 9.04. The molecule has 1 fully saturated rings. The molecular weight excluding hydrogens is 519 g/mol. The summed E-state index contributed by atoms with van der Waals surface area (Å²) in [7, 11) is 3.07. The van der Waals surface area contributed by atoms with E-state index in [2.05, 4.69) is 16.2 Å². The van der Waals surface area contributed by atoms with Crippen molar-refractivity contribution in [3.63, 3.8) is 0 Å². The number of imide groups is 1. The molecule has 2 aliphatic heterocycles. The van der Waals surface area contributed by atoms with Crippen LogP contribution < -0.4 is 9.64 Å². The first-order valence-electron chi connectivity index (χ1n) is 11.3. The lowest BCUT2D eigenvalue weighted by molar-refractivity contribution is -0.119. The predicted octanol–water partition coefficient (Wildman–Crippen LogP) is 4.61. The number of aromatic nitrogens is 3. The van der Waals surface area contributed by atoms with E-state index in [0.717, 1.165) is 11.0 Å². The minimum absolute atomic E-state index is 0.0104. The molecule has 37 heavy (non-hydrogen) atoms. The Kier molecular flexibility index (Phi) is 6.12. The summed E-state index contributed by atoms with van der Waals surface area (Å²) in [6.45, 7) is 3.54. The molecule has 0 N–H and O–H groups in total. The number of carbonyl (C=O) groups is 2. The molecule has 9 nitrogen and oxygen atoms in total. The summed E-state index contributed by atoms with van der Waals surface area (Å²) in [5.74, 6) is -1.03. The van der Waals surface area contributed by atoms with Gasteiger partial charge in [0.15, 0.2) is 11.6 Å². The molecule has 5 rings (SSSR count). The van der Waals surface area contributed by atoms with Gasteiger partial charge < -0.3 is 9.64 Å². The van der Waals surface area contributed by atoms with Gasteiger partial charge in [0.25, 0.3) is 5.91 Å². The van der Waals surface area contributed by atoms with Gasteiger partial charge in [0.1, 0.15) is 5.25 Å². The Morgan fingerprint density at radius 1 is 1.27 bits per heavy atom. The number of carbonyl (C=O) groups excluding carboxylic acids is 2. The van der Waals surface area contributed by atoms with Crippen LogP contribution in [0.15, 0.2) is 36.8 Å². The van der Waals surface area contributed by atoms with Gasteiger partial charge in [-0.05, 0) is 32.1 Å². The van der Waals surface area contributed by atoms with Crippen LogP contribution in [-0.4, -0.2) is 56.5 Å². The molecule has 3 aromatic rings. The van der Waals surface area contributed by atoms with Crippen LogP contribution in [0.1, 0.15) is 19.4 Å². The van der Waals surface area contributed by atoms with Crippen LogP contribution in [0, 0.1) is 22.6 Å². The summed E-state index contributed by atoms with van der Waals surface area (Å²) in [6, 6.07) is 3.65. The number of urea groups is 1. The molecule has 2 aliphatic rings. The van der Waals surface area contributed by atoms with Crippen molar-refractivity contribution in [2.24, 2.45) is 12.5 Å². The number of benzene rings is 1. The first-order valence-corrected chi connectivity index (χ1v) is 12.6. The lowest BCUT2D eigenvalue weighted by Crippen LogP contribution is -2.63. The van der Waals surface area contributed by atoms with Crippen molar-refractivity contribution in [2.75, 3.05) is 18.6 Å². The monoisotopic (exact) mass is 540 g/mol. The molecule has 0 radical (unpaired) electrons. The first-order chi connectivity index (χ1) is 17.6. The molecule has 2 unspecified atom stereocenters. The highest BCUT2D eigenvalue weighted by atomic mass is 35.5. The summed E-state index contributed by atoms with van der Waals surface area (Å²) in [5, 5.41) is 14.1. The Balaban J connectivity index is 1.63. The number of hydrogen-bond donors (Lipinski definition) is 0. The number of aryl methyl sites for hydroxylation is 1. The number of nitriles is 1. The summed E-state index contributed by atoms with van der Waals surface area (Å²) in [6.07, 6.45) is 6.46. The molecule has 0 bridgehead atoms. The van der Waals surface area contributed by atoms with Crippen molar-refractivity contribution in [1.82, 2.24) is 19.7 Å². The van der Waals surface area contributed by atoms with Gasteiger partial charge in [-0.1, -0.05) is 11.6 Å². The van der Waals surface area contributed by atoms with E-state index in [-0.39, 0.29) is 17.3 Å². The minimum atomic E-state index is -0.888. The predicted molar refractivity (Wildman–Crippen MR) is 139 cm³/mol. The quantitative estimate of drug-likeness (QED) is 0.465. The average molecular weight is 541 g/mol. The normalized spacial score (nSPS) is 19.8. The van der Waals surface area contributed by atoms with Crippen LogP contribution >= 0.6 is 23.4 Å². The maximum absolute atomic E-state index is 14.2. The van der Waals surface area contributed by atoms with Crippen LogP contribution in [-0.2, 0) is 11.8 Å². The van der Waals surface area contributed by atoms with Crippen molar-refractivity contribution in [1.29, 1.82) is 5.26 Å². The summed E-state index contributed by atoms with van der Waals surface area (Å²) >= 11 is 7.61. The van der Waals surface area contributed by atoms with E-state index in [1.54, 1.807) is 44.0 Å². The molecule has 0 aliphatic carbocycles. The largest absolute Gasteiger partial charge is 0.494 e. The second-order valence-electron chi connectivity index (χ2n) is 9.47. The molecule has 3 amide bonds. The van der Waals surface area contributed by atoms with Crippen molar-refractivity contribution >= 4 is 56.8 Å². The molecule has 1 aromatic carbocycles. The van der Waals surface area contributed by atoms with Crippen LogP contribution in [0.4, 0.5) is 14.9 Å². The fraction of sp³-hybridized carbons (Fsp3) is 0.320. The Labute approximate surface area is 221 Å². The molecule has 12 heteroatoms. The SMILES string of the molecule is COc1cc(C2=CC3C(S2)C(=O)N(c2cncc4cnn(C)c24)C(=O)N3CC(C)(C)C#N)c(Cl)cc1F. The van der Waals surface area contributed by atoms with Crippen molar-refractivity contribution in [3.8, 4) is 11.8 Å². The molecule has 2 atom stereocenters. The zero-order valence-corrected chi connectivity index (χ0v) is 22.0. The van der Waals surface area contributed by atoms with Crippen LogP contribution in [0.25, 0.3) is 15.8 Å². The third-order valence-corrected chi connectivity index (χ3v) is 8.04. The fourth-order valence-electron chi connectivity index (χ4n) is 4.57. The summed E-state index contributed by atoms with van der Waals surface area (Å²) in [5.41, 5.74) is 0.487. The number of halogens is 2. The zero-order chi connectivity index (χ0) is 26.6. The van der Waals surface area contributed by atoms with Crippen molar-refractivity contribution in [2.45, 2.75) is 25.1 Å². The van der Waals surface area contributed by atoms with Gasteiger partial charge in [-0.2, -0.15) is 10.4 Å². The number of ether oxygens (including phenoxy) is 1. The number of rotatable bonds is 5. The molecule has 0 spiro atoms. The Hall–Kier alpha value is -3.62. The number of hydrogen-bond acceptors (Lipinski definition) is 7. The van der Waals surface area contributed by atoms with Crippen molar-refractivity contribution < 1.29 is 18.7 Å². The highest BCUT2D eigenvalue weighted by Crippen LogP contribution is 2.48. The third-order valence-electron chi connectivity index (χ3n) is 6.38. The minimum Gasteiger partial charge on any atom is -0.494 e. The lowest BCUT2D eigenvalue weighted by Gasteiger charge is -2.42. The molecule has 1 saturated heterocycles. The highest BCUT2D eigenvalue weighted by molar-refractivity contribution is 8.09. The van der Waals surface area contributed by atoms with E-state index in [1.165, 1.54) is 36.0 Å². The average Bonchev–Trinajstić information content (AvgIpc) is 3.47. The first kappa shape index (κ1) is 25.0. The maximum Gasteiger partial charge on any atom is 0.332 e. The van der Waals surface area contributed by atoms with Gasteiger partial charge in [-0.3, -0.25) is 14.5 Å². The Morgan fingerprint density at radius 3 is 2.73 bits per heavy atom. The smallest absolute Gasteiger partial charge is 0.332 e. The van der Waals surface area contributed by atoms with E-state index in [0.29, 0.717) is 27.1 Å².